The molecule has 0 saturated heterocycles. The molecule has 1 fully saturated rings. The summed E-state index contributed by atoms with van der Waals surface area (Å²) < 4.78 is 0. The molecule has 0 atom stereocenters. The molecular formula is C8H17NO2. The highest BCUT2D eigenvalue weighted by atomic mass is 16.3. The van der Waals surface area contributed by atoms with Crippen LogP contribution in [-0.2, 0) is 0 Å². The van der Waals surface area contributed by atoms with E-state index in [4.69, 9.17) is 5.11 Å². The molecule has 3 N–H and O–H groups in total. The average Bonchev–Trinajstić information content (AvgIpc) is 1.75. The molecule has 0 heterocycles. The smallest absolute Gasteiger partial charge is 0.0715 e. The molecule has 1 aliphatic carbocycles. The molecular weight excluding hydrogens is 142 g/mol. The molecule has 3 heteroatoms. The molecule has 1 rings (SSSR count). The lowest BCUT2D eigenvalue weighted by molar-refractivity contribution is 0.0366. The van der Waals surface area contributed by atoms with Crippen LogP contribution in [0, 0.1) is 0 Å². The lowest BCUT2D eigenvalue weighted by Gasteiger charge is -2.34. The van der Waals surface area contributed by atoms with Crippen molar-refractivity contribution < 1.29 is 10.2 Å². The van der Waals surface area contributed by atoms with E-state index < -0.39 is 5.60 Å². The fourth-order valence-corrected chi connectivity index (χ4v) is 1.15. The summed E-state index contributed by atoms with van der Waals surface area (Å²) in [6.45, 7) is 4.15. The Bertz CT molecular complexity index is 125. The summed E-state index contributed by atoms with van der Waals surface area (Å²) in [6.07, 6.45) is 1.54. The lowest BCUT2D eigenvalue weighted by atomic mass is 9.89. The zero-order chi connectivity index (χ0) is 8.48. The molecule has 0 bridgehead atoms. The van der Waals surface area contributed by atoms with Gasteiger partial charge in [0, 0.05) is 12.6 Å². The molecule has 0 spiro atoms. The maximum absolute atomic E-state index is 9.33. The van der Waals surface area contributed by atoms with Crippen molar-refractivity contribution in [1.29, 1.82) is 0 Å². The van der Waals surface area contributed by atoms with E-state index in [-0.39, 0.29) is 6.10 Å². The first-order valence-electron chi connectivity index (χ1n) is 4.11. The van der Waals surface area contributed by atoms with Gasteiger partial charge in [0.05, 0.1) is 11.7 Å². The zero-order valence-electron chi connectivity index (χ0n) is 7.17. The number of rotatable bonds is 3. The minimum absolute atomic E-state index is 0.116. The Morgan fingerprint density at radius 1 is 1.45 bits per heavy atom. The van der Waals surface area contributed by atoms with Crippen LogP contribution in [0.25, 0.3) is 0 Å². The van der Waals surface area contributed by atoms with Crippen LogP contribution in [0.5, 0.6) is 0 Å². The summed E-state index contributed by atoms with van der Waals surface area (Å²) in [5, 5.41) is 21.5. The molecule has 0 aromatic heterocycles. The first-order chi connectivity index (χ1) is 4.97. The fraction of sp³-hybridized carbons (Fsp3) is 1.00. The Balaban J connectivity index is 2.05. The molecule has 0 aromatic rings. The molecule has 66 valence electrons. The number of hydrogen-bond donors (Lipinski definition) is 3. The van der Waals surface area contributed by atoms with Crippen molar-refractivity contribution in [1.82, 2.24) is 5.32 Å². The van der Waals surface area contributed by atoms with Gasteiger partial charge in [0.25, 0.3) is 0 Å². The third-order valence-electron chi connectivity index (χ3n) is 1.94. The maximum atomic E-state index is 9.33. The van der Waals surface area contributed by atoms with Crippen molar-refractivity contribution in [3.8, 4) is 0 Å². The average molecular weight is 159 g/mol. The van der Waals surface area contributed by atoms with Crippen molar-refractivity contribution >= 4 is 0 Å². The van der Waals surface area contributed by atoms with Crippen molar-refractivity contribution in [2.45, 2.75) is 44.4 Å². The van der Waals surface area contributed by atoms with Gasteiger partial charge in [0.1, 0.15) is 0 Å². The predicted octanol–water partition coefficient (Wildman–Crippen LogP) is -0.130. The molecule has 3 nitrogen and oxygen atoms in total. The van der Waals surface area contributed by atoms with Crippen LogP contribution < -0.4 is 5.32 Å². The fourth-order valence-electron chi connectivity index (χ4n) is 1.15. The first-order valence-corrected chi connectivity index (χ1v) is 4.11. The van der Waals surface area contributed by atoms with Crippen LogP contribution in [0.4, 0.5) is 0 Å². The first kappa shape index (κ1) is 8.97. The van der Waals surface area contributed by atoms with Crippen LogP contribution in [-0.4, -0.2) is 34.5 Å². The molecule has 0 radical (unpaired) electrons. The second-order valence-corrected chi connectivity index (χ2v) is 4.02. The van der Waals surface area contributed by atoms with Gasteiger partial charge in [-0.05, 0) is 26.7 Å². The van der Waals surface area contributed by atoms with Crippen LogP contribution >= 0.6 is 0 Å². The monoisotopic (exact) mass is 159 g/mol. The van der Waals surface area contributed by atoms with E-state index in [2.05, 4.69) is 5.32 Å². The van der Waals surface area contributed by atoms with E-state index in [1.54, 1.807) is 13.8 Å². The van der Waals surface area contributed by atoms with Gasteiger partial charge >= 0.3 is 0 Å². The van der Waals surface area contributed by atoms with Crippen LogP contribution in [0.2, 0.25) is 0 Å². The highest BCUT2D eigenvalue weighted by Crippen LogP contribution is 2.19. The standard InChI is InChI=1S/C8H17NO2/c1-8(2,11)5-9-6-3-7(10)4-6/h6-7,9-11H,3-5H2,1-2H3. The summed E-state index contributed by atoms with van der Waals surface area (Å²) in [7, 11) is 0. The second-order valence-electron chi connectivity index (χ2n) is 4.02. The summed E-state index contributed by atoms with van der Waals surface area (Å²) in [5.41, 5.74) is -0.638. The van der Waals surface area contributed by atoms with Crippen LogP contribution in [0.3, 0.4) is 0 Å². The van der Waals surface area contributed by atoms with Gasteiger partial charge in [-0.15, -0.1) is 0 Å². The molecule has 0 unspecified atom stereocenters. The van der Waals surface area contributed by atoms with Crippen LogP contribution in [0.15, 0.2) is 0 Å². The predicted molar refractivity (Wildman–Crippen MR) is 43.3 cm³/mol. The number of aliphatic hydroxyl groups excluding tert-OH is 1. The number of nitrogens with one attached hydrogen (secondary N) is 1. The van der Waals surface area contributed by atoms with E-state index >= 15 is 0 Å². The minimum Gasteiger partial charge on any atom is -0.393 e. The van der Waals surface area contributed by atoms with Crippen molar-refractivity contribution in [2.24, 2.45) is 0 Å². The Kier molecular flexibility index (Phi) is 2.52. The molecule has 0 aliphatic heterocycles. The van der Waals surface area contributed by atoms with Crippen molar-refractivity contribution in [3.63, 3.8) is 0 Å². The Morgan fingerprint density at radius 2 is 2.00 bits per heavy atom. The molecule has 11 heavy (non-hydrogen) atoms. The Labute approximate surface area is 67.4 Å². The van der Waals surface area contributed by atoms with Crippen LogP contribution in [0.1, 0.15) is 26.7 Å². The molecule has 1 saturated carbocycles. The molecule has 1 aliphatic rings. The van der Waals surface area contributed by atoms with Gasteiger partial charge in [0.2, 0.25) is 0 Å². The third-order valence-corrected chi connectivity index (χ3v) is 1.94. The van der Waals surface area contributed by atoms with Gasteiger partial charge < -0.3 is 15.5 Å². The maximum Gasteiger partial charge on any atom is 0.0715 e. The second kappa shape index (κ2) is 3.09. The largest absolute Gasteiger partial charge is 0.393 e. The lowest BCUT2D eigenvalue weighted by Crippen LogP contribution is -2.48. The van der Waals surface area contributed by atoms with E-state index in [9.17, 15) is 5.11 Å². The summed E-state index contributed by atoms with van der Waals surface area (Å²) in [4.78, 5) is 0. The van der Waals surface area contributed by atoms with Gasteiger partial charge in [-0.2, -0.15) is 0 Å². The number of hydrogen-bond acceptors (Lipinski definition) is 3. The highest BCUT2D eigenvalue weighted by Gasteiger charge is 2.27. The van der Waals surface area contributed by atoms with Gasteiger partial charge in [-0.3, -0.25) is 0 Å². The minimum atomic E-state index is -0.638. The molecule has 0 aromatic carbocycles. The summed E-state index contributed by atoms with van der Waals surface area (Å²) in [6, 6.07) is 0.413. The quantitative estimate of drug-likeness (QED) is 0.537. The van der Waals surface area contributed by atoms with E-state index in [1.807, 2.05) is 0 Å². The SMILES string of the molecule is CC(C)(O)CNC1CC(O)C1. The topological polar surface area (TPSA) is 52.5 Å². The van der Waals surface area contributed by atoms with Crippen molar-refractivity contribution in [3.05, 3.63) is 0 Å². The van der Waals surface area contributed by atoms with E-state index in [1.165, 1.54) is 0 Å². The van der Waals surface area contributed by atoms with Gasteiger partial charge in [0.15, 0.2) is 0 Å². The Hall–Kier alpha value is -0.120. The number of aliphatic hydroxyl groups is 2. The van der Waals surface area contributed by atoms with Crippen molar-refractivity contribution in [2.75, 3.05) is 6.54 Å². The molecule has 0 amide bonds. The zero-order valence-corrected chi connectivity index (χ0v) is 7.17. The summed E-state index contributed by atoms with van der Waals surface area (Å²) in [5.74, 6) is 0. The van der Waals surface area contributed by atoms with Gasteiger partial charge in [-0.25, -0.2) is 0 Å². The highest BCUT2D eigenvalue weighted by molar-refractivity contribution is 4.86. The van der Waals surface area contributed by atoms with Gasteiger partial charge in [-0.1, -0.05) is 0 Å². The van der Waals surface area contributed by atoms with E-state index in [0.717, 1.165) is 12.8 Å². The van der Waals surface area contributed by atoms with E-state index in [0.29, 0.717) is 12.6 Å². The Morgan fingerprint density at radius 3 is 2.36 bits per heavy atom. The third kappa shape index (κ3) is 3.18. The summed E-state index contributed by atoms with van der Waals surface area (Å²) >= 11 is 0. The normalized spacial score (nSPS) is 31.6.